The van der Waals surface area contributed by atoms with Gasteiger partial charge in [-0.25, -0.2) is 9.78 Å². The van der Waals surface area contributed by atoms with E-state index in [-0.39, 0.29) is 12.6 Å². The summed E-state index contributed by atoms with van der Waals surface area (Å²) in [7, 11) is 0. The second-order valence-electron chi connectivity index (χ2n) is 5.30. The van der Waals surface area contributed by atoms with Crippen LogP contribution in [0.5, 0.6) is 0 Å². The minimum Gasteiger partial charge on any atom is -0.395 e. The Kier molecular flexibility index (Phi) is 5.59. The summed E-state index contributed by atoms with van der Waals surface area (Å²) in [6.07, 6.45) is 4.16. The smallest absolute Gasteiger partial charge is 0.323 e. The number of nitrogens with one attached hydrogen (secondary N) is 1. The molecule has 1 aliphatic rings. The molecule has 0 aliphatic carbocycles. The van der Waals surface area contributed by atoms with Crippen LogP contribution in [0.4, 0.5) is 10.6 Å². The number of rotatable bonds is 2. The van der Waals surface area contributed by atoms with Crippen LogP contribution < -0.4 is 5.32 Å². The fourth-order valence-corrected chi connectivity index (χ4v) is 2.20. The molecule has 2 heterocycles. The van der Waals surface area contributed by atoms with Crippen LogP contribution in [0.15, 0.2) is 18.3 Å². The van der Waals surface area contributed by atoms with Crippen molar-refractivity contribution < 1.29 is 9.90 Å². The molecule has 1 fully saturated rings. The summed E-state index contributed by atoms with van der Waals surface area (Å²) < 4.78 is 0. The Morgan fingerprint density at radius 1 is 1.52 bits per heavy atom. The van der Waals surface area contributed by atoms with Gasteiger partial charge in [0.2, 0.25) is 0 Å². The highest BCUT2D eigenvalue weighted by Crippen LogP contribution is 2.17. The minimum atomic E-state index is -0.102. The third-order valence-corrected chi connectivity index (χ3v) is 3.54. The summed E-state index contributed by atoms with van der Waals surface area (Å²) in [5.74, 6) is 6.98. The molecule has 21 heavy (non-hydrogen) atoms. The summed E-state index contributed by atoms with van der Waals surface area (Å²) >= 11 is 0. The van der Waals surface area contributed by atoms with Gasteiger partial charge in [-0.3, -0.25) is 5.32 Å². The zero-order valence-electron chi connectivity index (χ0n) is 12.3. The zero-order valence-corrected chi connectivity index (χ0v) is 12.3. The maximum atomic E-state index is 12.2. The molecule has 0 saturated carbocycles. The van der Waals surface area contributed by atoms with Crippen LogP contribution in [0.3, 0.4) is 0 Å². The van der Waals surface area contributed by atoms with Crippen LogP contribution in [0.1, 0.15) is 31.7 Å². The lowest BCUT2D eigenvalue weighted by molar-refractivity contribution is 0.186. The number of aliphatic hydroxyl groups excluding tert-OH is 1. The number of piperidine rings is 1. The van der Waals surface area contributed by atoms with Crippen LogP contribution in [0.2, 0.25) is 0 Å². The van der Waals surface area contributed by atoms with E-state index in [4.69, 9.17) is 5.11 Å². The molecule has 0 aromatic carbocycles. The average Bonchev–Trinajstić information content (AvgIpc) is 2.48. The molecule has 0 spiro atoms. The average molecular weight is 287 g/mol. The third kappa shape index (κ3) is 4.76. The first kappa shape index (κ1) is 15.3. The SMILES string of the molecule is CC1CCN(C(=O)Nc2cc(C#CCCO)ccn2)CC1. The number of aliphatic hydroxyl groups is 1. The van der Waals surface area contributed by atoms with E-state index in [2.05, 4.69) is 29.1 Å². The molecule has 0 bridgehead atoms. The van der Waals surface area contributed by atoms with Crippen molar-refractivity contribution in [3.05, 3.63) is 23.9 Å². The molecule has 1 aromatic rings. The lowest BCUT2D eigenvalue weighted by atomic mass is 10.00. The van der Waals surface area contributed by atoms with Gasteiger partial charge in [0.15, 0.2) is 0 Å². The van der Waals surface area contributed by atoms with E-state index in [0.717, 1.165) is 31.5 Å². The highest BCUT2D eigenvalue weighted by atomic mass is 16.2. The van der Waals surface area contributed by atoms with Gasteiger partial charge in [-0.2, -0.15) is 0 Å². The van der Waals surface area contributed by atoms with Gasteiger partial charge < -0.3 is 10.0 Å². The second kappa shape index (κ2) is 7.65. The third-order valence-electron chi connectivity index (χ3n) is 3.54. The van der Waals surface area contributed by atoms with E-state index in [0.29, 0.717) is 18.2 Å². The molecule has 0 atom stereocenters. The topological polar surface area (TPSA) is 65.5 Å². The Balaban J connectivity index is 1.95. The number of urea groups is 1. The summed E-state index contributed by atoms with van der Waals surface area (Å²) in [5, 5.41) is 11.5. The van der Waals surface area contributed by atoms with Crippen molar-refractivity contribution in [2.75, 3.05) is 25.0 Å². The second-order valence-corrected chi connectivity index (χ2v) is 5.30. The number of nitrogens with zero attached hydrogens (tertiary/aromatic N) is 2. The van der Waals surface area contributed by atoms with Crippen molar-refractivity contribution in [3.63, 3.8) is 0 Å². The summed E-state index contributed by atoms with van der Waals surface area (Å²) in [6, 6.07) is 3.42. The van der Waals surface area contributed by atoms with E-state index < -0.39 is 0 Å². The van der Waals surface area contributed by atoms with Gasteiger partial charge in [-0.15, -0.1) is 0 Å². The fourth-order valence-electron chi connectivity index (χ4n) is 2.20. The van der Waals surface area contributed by atoms with Gasteiger partial charge in [-0.05, 0) is 30.9 Å². The van der Waals surface area contributed by atoms with Gasteiger partial charge in [0.05, 0.1) is 6.61 Å². The Hall–Kier alpha value is -2.06. The van der Waals surface area contributed by atoms with Gasteiger partial charge in [0.25, 0.3) is 0 Å². The van der Waals surface area contributed by atoms with Gasteiger partial charge in [0.1, 0.15) is 5.82 Å². The molecule has 2 amide bonds. The standard InChI is InChI=1S/C16H21N3O2/c1-13-6-9-19(10-7-13)16(21)18-15-12-14(5-8-17-15)4-2-3-11-20/h5,8,12-13,20H,3,6-7,9-11H2,1H3,(H,17,18,21). The maximum absolute atomic E-state index is 12.2. The summed E-state index contributed by atoms with van der Waals surface area (Å²) in [6.45, 7) is 3.85. The normalized spacial score (nSPS) is 15.2. The number of carbonyl (C=O) groups excluding carboxylic acids is 1. The predicted octanol–water partition coefficient (Wildman–Crippen LogP) is 2.08. The largest absolute Gasteiger partial charge is 0.395 e. The quantitative estimate of drug-likeness (QED) is 0.818. The van der Waals surface area contributed by atoms with E-state index in [1.54, 1.807) is 18.3 Å². The molecule has 0 unspecified atom stereocenters. The number of hydrogen-bond donors (Lipinski definition) is 2. The molecule has 1 saturated heterocycles. The monoisotopic (exact) mass is 287 g/mol. The van der Waals surface area contributed by atoms with Crippen molar-refractivity contribution in [3.8, 4) is 11.8 Å². The molecule has 5 heteroatoms. The Morgan fingerprint density at radius 2 is 2.29 bits per heavy atom. The predicted molar refractivity (Wildman–Crippen MR) is 81.8 cm³/mol. The van der Waals surface area contributed by atoms with E-state index in [1.807, 2.05) is 4.90 Å². The van der Waals surface area contributed by atoms with Crippen molar-refractivity contribution >= 4 is 11.8 Å². The van der Waals surface area contributed by atoms with E-state index >= 15 is 0 Å². The first-order chi connectivity index (χ1) is 10.2. The first-order valence-corrected chi connectivity index (χ1v) is 7.30. The molecular formula is C16H21N3O2. The number of anilines is 1. The van der Waals surface area contributed by atoms with E-state index in [9.17, 15) is 4.79 Å². The maximum Gasteiger partial charge on any atom is 0.323 e. The Morgan fingerprint density at radius 3 is 3.00 bits per heavy atom. The van der Waals surface area contributed by atoms with Gasteiger partial charge >= 0.3 is 6.03 Å². The van der Waals surface area contributed by atoms with Crippen LogP contribution in [-0.4, -0.2) is 40.7 Å². The number of aromatic nitrogens is 1. The van der Waals surface area contributed by atoms with Crippen LogP contribution in [0.25, 0.3) is 0 Å². The number of carbonyl (C=O) groups is 1. The van der Waals surface area contributed by atoms with E-state index in [1.165, 1.54) is 0 Å². The molecule has 0 radical (unpaired) electrons. The van der Waals surface area contributed by atoms with Gasteiger partial charge in [-0.1, -0.05) is 18.8 Å². The Bertz CT molecular complexity index is 540. The Labute approximate surface area is 125 Å². The summed E-state index contributed by atoms with van der Waals surface area (Å²) in [5.41, 5.74) is 0.779. The van der Waals surface area contributed by atoms with Crippen LogP contribution in [-0.2, 0) is 0 Å². The minimum absolute atomic E-state index is 0.0507. The summed E-state index contributed by atoms with van der Waals surface area (Å²) in [4.78, 5) is 18.1. The molecule has 1 aliphatic heterocycles. The number of pyridine rings is 1. The zero-order chi connectivity index (χ0) is 15.1. The highest BCUT2D eigenvalue weighted by Gasteiger charge is 2.20. The molecule has 5 nitrogen and oxygen atoms in total. The lowest BCUT2D eigenvalue weighted by Crippen LogP contribution is -2.40. The number of amides is 2. The molecular weight excluding hydrogens is 266 g/mol. The molecule has 112 valence electrons. The fraction of sp³-hybridized carbons (Fsp3) is 0.500. The van der Waals surface area contributed by atoms with Crippen LogP contribution in [0, 0.1) is 17.8 Å². The lowest BCUT2D eigenvalue weighted by Gasteiger charge is -2.30. The number of likely N-dealkylation sites (tertiary alicyclic amines) is 1. The van der Waals surface area contributed by atoms with Crippen molar-refractivity contribution in [2.24, 2.45) is 5.92 Å². The number of hydrogen-bond acceptors (Lipinski definition) is 3. The van der Waals surface area contributed by atoms with Gasteiger partial charge in [0, 0.05) is 31.3 Å². The van der Waals surface area contributed by atoms with Crippen molar-refractivity contribution in [1.29, 1.82) is 0 Å². The van der Waals surface area contributed by atoms with Crippen LogP contribution >= 0.6 is 0 Å². The molecule has 2 rings (SSSR count). The van der Waals surface area contributed by atoms with Crippen molar-refractivity contribution in [1.82, 2.24) is 9.88 Å². The molecule has 1 aromatic heterocycles. The molecule has 2 N–H and O–H groups in total. The van der Waals surface area contributed by atoms with Crippen molar-refractivity contribution in [2.45, 2.75) is 26.2 Å². The highest BCUT2D eigenvalue weighted by molar-refractivity contribution is 5.88. The first-order valence-electron chi connectivity index (χ1n) is 7.30.